The van der Waals surface area contributed by atoms with Crippen LogP contribution in [0.1, 0.15) is 44.6 Å². The standard InChI is InChI=1S/C16H21NO3/c1-16(2)9-17-13-8-11(5-6-14(13)20-16)10-3-4-12(7-10)15(18)19/h5-6,8,10,12,17H,3-4,7,9H2,1-2H3,(H,18,19). The number of carbonyl (C=O) groups is 1. The van der Waals surface area contributed by atoms with Gasteiger partial charge >= 0.3 is 5.97 Å². The van der Waals surface area contributed by atoms with E-state index in [1.54, 1.807) is 0 Å². The Labute approximate surface area is 119 Å². The number of ether oxygens (including phenoxy) is 1. The van der Waals surface area contributed by atoms with Gasteiger partial charge in [-0.05, 0) is 56.7 Å². The first kappa shape index (κ1) is 13.3. The topological polar surface area (TPSA) is 58.6 Å². The van der Waals surface area contributed by atoms with Crippen molar-refractivity contribution < 1.29 is 14.6 Å². The second-order valence-electron chi connectivity index (χ2n) is 6.52. The Morgan fingerprint density at radius 3 is 2.90 bits per heavy atom. The predicted molar refractivity (Wildman–Crippen MR) is 77.4 cm³/mol. The normalized spacial score (nSPS) is 27.3. The summed E-state index contributed by atoms with van der Waals surface area (Å²) in [6.07, 6.45) is 2.50. The minimum atomic E-state index is -0.659. The first-order valence-corrected chi connectivity index (χ1v) is 7.24. The van der Waals surface area contributed by atoms with Gasteiger partial charge in [0.05, 0.1) is 18.2 Å². The van der Waals surface area contributed by atoms with Crippen LogP contribution in [0, 0.1) is 5.92 Å². The lowest BCUT2D eigenvalue weighted by atomic mass is 9.95. The first-order chi connectivity index (χ1) is 9.44. The fraction of sp³-hybridized carbons (Fsp3) is 0.562. The van der Waals surface area contributed by atoms with Crippen LogP contribution in [0.25, 0.3) is 0 Å². The van der Waals surface area contributed by atoms with Gasteiger partial charge in [-0.25, -0.2) is 0 Å². The molecule has 1 heterocycles. The molecule has 2 unspecified atom stereocenters. The maximum absolute atomic E-state index is 11.1. The highest BCUT2D eigenvalue weighted by Crippen LogP contribution is 2.41. The number of hydrogen-bond donors (Lipinski definition) is 2. The molecule has 0 amide bonds. The molecule has 4 nitrogen and oxygen atoms in total. The molecule has 0 aromatic heterocycles. The SMILES string of the molecule is CC1(C)CNc2cc(C3CCC(C(=O)O)C3)ccc2O1. The van der Waals surface area contributed by atoms with Crippen LogP contribution in [0.2, 0.25) is 0 Å². The number of fused-ring (bicyclic) bond motifs is 1. The molecule has 1 aromatic rings. The Morgan fingerprint density at radius 1 is 1.40 bits per heavy atom. The fourth-order valence-corrected chi connectivity index (χ4v) is 3.18. The van der Waals surface area contributed by atoms with Crippen molar-refractivity contribution in [2.45, 2.75) is 44.6 Å². The number of rotatable bonds is 2. The van der Waals surface area contributed by atoms with Crippen molar-refractivity contribution in [3.63, 3.8) is 0 Å². The minimum Gasteiger partial charge on any atom is -0.484 e. The molecule has 1 aliphatic heterocycles. The van der Waals surface area contributed by atoms with E-state index in [0.29, 0.717) is 5.92 Å². The summed E-state index contributed by atoms with van der Waals surface area (Å²) in [5.74, 6) is 0.406. The lowest BCUT2D eigenvalue weighted by Crippen LogP contribution is -2.40. The zero-order valence-electron chi connectivity index (χ0n) is 12.0. The van der Waals surface area contributed by atoms with E-state index in [4.69, 9.17) is 9.84 Å². The van der Waals surface area contributed by atoms with Gasteiger partial charge < -0.3 is 15.2 Å². The summed E-state index contributed by atoms with van der Waals surface area (Å²) in [5, 5.41) is 12.5. The lowest BCUT2D eigenvalue weighted by molar-refractivity contribution is -0.141. The zero-order valence-corrected chi connectivity index (χ0v) is 12.0. The molecule has 0 saturated heterocycles. The molecule has 108 valence electrons. The molecule has 2 atom stereocenters. The average Bonchev–Trinajstić information content (AvgIpc) is 2.87. The van der Waals surface area contributed by atoms with Gasteiger partial charge in [0.1, 0.15) is 11.4 Å². The Bertz CT molecular complexity index is 539. The molecule has 4 heteroatoms. The number of nitrogens with one attached hydrogen (secondary N) is 1. The van der Waals surface area contributed by atoms with Crippen molar-refractivity contribution in [3.8, 4) is 5.75 Å². The van der Waals surface area contributed by atoms with Gasteiger partial charge in [0.2, 0.25) is 0 Å². The molecule has 0 bridgehead atoms. The fourth-order valence-electron chi connectivity index (χ4n) is 3.18. The van der Waals surface area contributed by atoms with Gasteiger partial charge in [0, 0.05) is 0 Å². The molecule has 1 fully saturated rings. The number of hydrogen-bond acceptors (Lipinski definition) is 3. The molecule has 3 rings (SSSR count). The molecular weight excluding hydrogens is 254 g/mol. The summed E-state index contributed by atoms with van der Waals surface area (Å²) in [6, 6.07) is 6.21. The highest BCUT2D eigenvalue weighted by Gasteiger charge is 2.32. The third-order valence-electron chi connectivity index (χ3n) is 4.35. The second kappa shape index (κ2) is 4.69. The summed E-state index contributed by atoms with van der Waals surface area (Å²) in [5.41, 5.74) is 2.07. The van der Waals surface area contributed by atoms with E-state index in [1.807, 2.05) is 6.07 Å². The summed E-state index contributed by atoms with van der Waals surface area (Å²) in [7, 11) is 0. The van der Waals surface area contributed by atoms with Crippen molar-refractivity contribution in [1.82, 2.24) is 0 Å². The molecule has 0 radical (unpaired) electrons. The van der Waals surface area contributed by atoms with Crippen molar-refractivity contribution in [2.24, 2.45) is 5.92 Å². The van der Waals surface area contributed by atoms with Crippen LogP contribution in [0.4, 0.5) is 5.69 Å². The first-order valence-electron chi connectivity index (χ1n) is 7.24. The summed E-state index contributed by atoms with van der Waals surface area (Å²) >= 11 is 0. The molecule has 1 aliphatic carbocycles. The van der Waals surface area contributed by atoms with E-state index in [2.05, 4.69) is 31.3 Å². The van der Waals surface area contributed by atoms with Gasteiger partial charge in [-0.2, -0.15) is 0 Å². The van der Waals surface area contributed by atoms with E-state index in [9.17, 15) is 4.79 Å². The zero-order chi connectivity index (χ0) is 14.3. The van der Waals surface area contributed by atoms with E-state index in [-0.39, 0.29) is 11.5 Å². The van der Waals surface area contributed by atoms with E-state index >= 15 is 0 Å². The van der Waals surface area contributed by atoms with Crippen LogP contribution in [-0.2, 0) is 4.79 Å². The number of aliphatic carboxylic acids is 1. The van der Waals surface area contributed by atoms with E-state index in [1.165, 1.54) is 5.56 Å². The number of anilines is 1. The lowest BCUT2D eigenvalue weighted by Gasteiger charge is -2.34. The van der Waals surface area contributed by atoms with Crippen LogP contribution < -0.4 is 10.1 Å². The van der Waals surface area contributed by atoms with Crippen molar-refractivity contribution in [1.29, 1.82) is 0 Å². The van der Waals surface area contributed by atoms with Crippen molar-refractivity contribution in [2.75, 3.05) is 11.9 Å². The minimum absolute atomic E-state index is 0.181. The maximum atomic E-state index is 11.1. The second-order valence-corrected chi connectivity index (χ2v) is 6.52. The highest BCUT2D eigenvalue weighted by atomic mass is 16.5. The molecule has 0 spiro atoms. The summed E-state index contributed by atoms with van der Waals surface area (Å²) < 4.78 is 5.94. The molecule has 1 aromatic carbocycles. The van der Waals surface area contributed by atoms with Crippen LogP contribution in [0.5, 0.6) is 5.75 Å². The van der Waals surface area contributed by atoms with E-state index in [0.717, 1.165) is 37.2 Å². The Kier molecular flexibility index (Phi) is 3.11. The summed E-state index contributed by atoms with van der Waals surface area (Å²) in [4.78, 5) is 11.1. The van der Waals surface area contributed by atoms with Gasteiger partial charge in [-0.1, -0.05) is 6.07 Å². The Morgan fingerprint density at radius 2 is 2.20 bits per heavy atom. The maximum Gasteiger partial charge on any atom is 0.306 e. The monoisotopic (exact) mass is 275 g/mol. The van der Waals surface area contributed by atoms with Crippen LogP contribution in [0.3, 0.4) is 0 Å². The van der Waals surface area contributed by atoms with Gasteiger partial charge in [-0.15, -0.1) is 0 Å². The largest absolute Gasteiger partial charge is 0.484 e. The molecule has 2 aliphatic rings. The quantitative estimate of drug-likeness (QED) is 0.870. The van der Waals surface area contributed by atoms with E-state index < -0.39 is 5.97 Å². The average molecular weight is 275 g/mol. The third-order valence-corrected chi connectivity index (χ3v) is 4.35. The number of benzene rings is 1. The molecule has 2 N–H and O–H groups in total. The predicted octanol–water partition coefficient (Wildman–Crippen LogP) is 3.24. The molecular formula is C16H21NO3. The molecule has 1 saturated carbocycles. The van der Waals surface area contributed by atoms with Crippen LogP contribution >= 0.6 is 0 Å². The van der Waals surface area contributed by atoms with Crippen LogP contribution in [-0.4, -0.2) is 23.2 Å². The van der Waals surface area contributed by atoms with Crippen molar-refractivity contribution >= 4 is 11.7 Å². The van der Waals surface area contributed by atoms with Gasteiger partial charge in [-0.3, -0.25) is 4.79 Å². The Balaban J connectivity index is 1.79. The number of carboxylic acid groups (broad SMARTS) is 1. The molecule has 20 heavy (non-hydrogen) atoms. The van der Waals surface area contributed by atoms with Crippen molar-refractivity contribution in [3.05, 3.63) is 23.8 Å². The third kappa shape index (κ3) is 2.47. The van der Waals surface area contributed by atoms with Gasteiger partial charge in [0.25, 0.3) is 0 Å². The van der Waals surface area contributed by atoms with Gasteiger partial charge in [0.15, 0.2) is 0 Å². The summed E-state index contributed by atoms with van der Waals surface area (Å²) in [6.45, 7) is 4.91. The van der Waals surface area contributed by atoms with Crippen LogP contribution in [0.15, 0.2) is 18.2 Å². The number of carboxylic acids is 1. The highest BCUT2D eigenvalue weighted by molar-refractivity contribution is 5.70. The smallest absolute Gasteiger partial charge is 0.306 e. The Hall–Kier alpha value is -1.71.